The van der Waals surface area contributed by atoms with Gasteiger partial charge in [0, 0.05) is 40.0 Å². The van der Waals surface area contributed by atoms with Crippen molar-refractivity contribution in [2.24, 2.45) is 0 Å². The molecule has 26 nitrogen and oxygen atoms in total. The molecule has 0 saturated carbocycles. The summed E-state index contributed by atoms with van der Waals surface area (Å²) in [7, 11) is 0. The normalized spacial score (nSPS) is 42.1. The summed E-state index contributed by atoms with van der Waals surface area (Å²) in [6, 6.07) is -4.69. The number of nitrogens with one attached hydrogen (secondary N) is 3. The van der Waals surface area contributed by atoms with Gasteiger partial charge in [0.25, 0.3) is 17.4 Å². The van der Waals surface area contributed by atoms with Crippen molar-refractivity contribution in [1.82, 2.24) is 16.0 Å². The van der Waals surface area contributed by atoms with Crippen molar-refractivity contribution in [2.45, 2.75) is 149 Å². The fourth-order valence-electron chi connectivity index (χ4n) is 7.81. The first-order valence-corrected chi connectivity index (χ1v) is 18.4. The van der Waals surface area contributed by atoms with Crippen LogP contribution >= 0.6 is 0 Å². The van der Waals surface area contributed by atoms with Gasteiger partial charge >= 0.3 is 17.9 Å². The van der Waals surface area contributed by atoms with Crippen LogP contribution in [0.1, 0.15) is 40.0 Å². The number of aliphatic carboxylic acids is 1. The Morgan fingerprint density at radius 1 is 0.644 bits per heavy atom. The molecule has 2 spiro atoms. The van der Waals surface area contributed by atoms with Crippen molar-refractivity contribution >= 4 is 35.6 Å². The Bertz CT molecular complexity index is 1620. The second kappa shape index (κ2) is 17.7. The monoisotopic (exact) mass is 855 g/mol. The lowest BCUT2D eigenvalue weighted by Crippen LogP contribution is -2.73. The lowest BCUT2D eigenvalue weighted by Gasteiger charge is -2.53. The molecule has 5 aliphatic heterocycles. The van der Waals surface area contributed by atoms with Gasteiger partial charge in [0.15, 0.2) is 0 Å². The SMILES string of the molecule is CC(=O)N[C@H]1[C@H]([C@H](O)[C@H](O)CO)O[C@@]2(C[C@@H]1O)O[C@@H]([C@@H](O)[C@@H]1O[C@@]3(C[C@H](O)[C@H]1NC(C)=O)O[C@@H]([C@@H](O)[C@@H]1OC(O)(C(=O)O)C[C@H](O)[C@H]1NC(C)=O)COC3=O)COC2=O. The number of aliphatic hydroxyl groups is 9. The molecule has 3 amide bonds. The highest BCUT2D eigenvalue weighted by Crippen LogP contribution is 2.42. The number of carbonyl (C=O) groups excluding carboxylic acids is 5. The van der Waals surface area contributed by atoms with Crippen LogP contribution in [0.25, 0.3) is 0 Å². The van der Waals surface area contributed by atoms with Crippen molar-refractivity contribution in [3.8, 4) is 0 Å². The van der Waals surface area contributed by atoms with Gasteiger partial charge in [-0.25, -0.2) is 14.4 Å². The van der Waals surface area contributed by atoms with Crippen LogP contribution in [0, 0.1) is 0 Å². The fraction of sp³-hybridized carbons (Fsp3) is 0.818. The standard InChI is InChI=1S/C33H49N3O23/c1-10(38)34-19-13(41)4-31(52,28(48)49)57-26(19)23(46)17-8-53-30(51)33(55-17)6-15(43)21(36-12(3)40)27(59-33)24(47)18-9-54-29(50)32(56-18)5-14(42)20(35-11(2)39)25(58-32)22(45)16(44)7-37/h13-27,37,41-47,52H,4-9H2,1-3H3,(H,34,38)(H,35,39)(H,36,40)(H,48,49)/t13-,14-,15-,16+,17+,18+,19+,20+,21+,22+,23+,24+,25+,26+,27+,31?,32+,33+/m0/s1. The van der Waals surface area contributed by atoms with Crippen LogP contribution in [-0.4, -0.2) is 215 Å². The average Bonchev–Trinajstić information content (AvgIpc) is 3.15. The number of carboxylic acid groups (broad SMARTS) is 1. The molecular weight excluding hydrogens is 806 g/mol. The largest absolute Gasteiger partial charge is 0.477 e. The summed E-state index contributed by atoms with van der Waals surface area (Å²) >= 11 is 0. The van der Waals surface area contributed by atoms with Crippen LogP contribution in [0.15, 0.2) is 0 Å². The summed E-state index contributed by atoms with van der Waals surface area (Å²) in [5, 5.41) is 114. The molecule has 59 heavy (non-hydrogen) atoms. The molecule has 1 unspecified atom stereocenters. The molecule has 0 aromatic carbocycles. The van der Waals surface area contributed by atoms with E-state index >= 15 is 0 Å². The van der Waals surface area contributed by atoms with Gasteiger partial charge in [0.1, 0.15) is 68.1 Å². The number of ether oxygens (including phenoxy) is 7. The highest BCUT2D eigenvalue weighted by molar-refractivity contribution is 5.80. The van der Waals surface area contributed by atoms with E-state index in [0.29, 0.717) is 0 Å². The van der Waals surface area contributed by atoms with Crippen molar-refractivity contribution in [3.05, 3.63) is 0 Å². The molecule has 0 radical (unpaired) electrons. The summed E-state index contributed by atoms with van der Waals surface area (Å²) in [4.78, 5) is 74.9. The van der Waals surface area contributed by atoms with Crippen LogP contribution in [-0.2, 0) is 61.9 Å². The lowest BCUT2D eigenvalue weighted by atomic mass is 9.86. The Kier molecular flexibility index (Phi) is 13.9. The summed E-state index contributed by atoms with van der Waals surface area (Å²) in [5.41, 5.74) is 0. The zero-order valence-corrected chi connectivity index (χ0v) is 31.7. The molecule has 5 aliphatic rings. The minimum Gasteiger partial charge on any atom is -0.477 e. The van der Waals surface area contributed by atoms with Gasteiger partial charge in [-0.1, -0.05) is 0 Å². The topological polar surface area (TPSA) is 405 Å². The quantitative estimate of drug-likeness (QED) is 0.0858. The van der Waals surface area contributed by atoms with Gasteiger partial charge in [-0.15, -0.1) is 0 Å². The number of rotatable bonds is 11. The molecule has 5 heterocycles. The van der Waals surface area contributed by atoms with Crippen molar-refractivity contribution in [1.29, 1.82) is 0 Å². The summed E-state index contributed by atoms with van der Waals surface area (Å²) in [6.45, 7) is 0.452. The van der Waals surface area contributed by atoms with E-state index in [2.05, 4.69) is 16.0 Å². The molecule has 0 aliphatic carbocycles. The Labute approximate surface area is 333 Å². The van der Waals surface area contributed by atoms with Crippen molar-refractivity contribution in [2.75, 3.05) is 19.8 Å². The molecule has 18 atom stereocenters. The lowest BCUT2D eigenvalue weighted by molar-refractivity contribution is -0.373. The Hall–Kier alpha value is -3.74. The third-order valence-electron chi connectivity index (χ3n) is 10.6. The number of esters is 2. The highest BCUT2D eigenvalue weighted by atomic mass is 16.8. The van der Waals surface area contributed by atoms with E-state index in [1.807, 2.05) is 0 Å². The number of aliphatic hydroxyl groups excluding tert-OH is 8. The van der Waals surface area contributed by atoms with Crippen LogP contribution in [0.2, 0.25) is 0 Å². The van der Waals surface area contributed by atoms with Gasteiger partial charge in [-0.2, -0.15) is 0 Å². The van der Waals surface area contributed by atoms with Gasteiger partial charge in [0.05, 0.1) is 43.0 Å². The van der Waals surface area contributed by atoms with Crippen molar-refractivity contribution in [3.63, 3.8) is 0 Å². The van der Waals surface area contributed by atoms with E-state index in [0.717, 1.165) is 20.8 Å². The maximum absolute atomic E-state index is 13.5. The Morgan fingerprint density at radius 3 is 1.41 bits per heavy atom. The van der Waals surface area contributed by atoms with E-state index in [9.17, 15) is 79.8 Å². The van der Waals surface area contributed by atoms with Gasteiger partial charge in [0.2, 0.25) is 17.7 Å². The summed E-state index contributed by atoms with van der Waals surface area (Å²) in [5.74, 6) is -15.5. The minimum atomic E-state index is -3.08. The van der Waals surface area contributed by atoms with Crippen LogP contribution in [0.4, 0.5) is 0 Å². The van der Waals surface area contributed by atoms with Crippen molar-refractivity contribution < 1.29 is 113 Å². The first kappa shape index (κ1) is 46.3. The molecule has 334 valence electrons. The van der Waals surface area contributed by atoms with E-state index in [1.165, 1.54) is 0 Å². The van der Waals surface area contributed by atoms with Crippen LogP contribution in [0.3, 0.4) is 0 Å². The zero-order valence-electron chi connectivity index (χ0n) is 31.7. The van der Waals surface area contributed by atoms with E-state index in [1.54, 1.807) is 0 Å². The van der Waals surface area contributed by atoms with Gasteiger partial charge in [-0.05, 0) is 0 Å². The molecule has 5 saturated heterocycles. The van der Waals surface area contributed by atoms with E-state index in [4.69, 9.17) is 33.2 Å². The molecule has 26 heteroatoms. The summed E-state index contributed by atoms with van der Waals surface area (Å²) in [6.07, 6.45) is -25.9. The average molecular weight is 856 g/mol. The van der Waals surface area contributed by atoms with E-state index in [-0.39, 0.29) is 0 Å². The first-order valence-electron chi connectivity index (χ1n) is 18.4. The second-order valence-corrected chi connectivity index (χ2v) is 15.1. The number of cyclic esters (lactones) is 2. The molecule has 5 rings (SSSR count). The van der Waals surface area contributed by atoms with Crippen LogP contribution in [0.5, 0.6) is 0 Å². The van der Waals surface area contributed by atoms with Crippen LogP contribution < -0.4 is 16.0 Å². The molecule has 0 aromatic rings. The third-order valence-corrected chi connectivity index (χ3v) is 10.6. The predicted molar refractivity (Wildman–Crippen MR) is 180 cm³/mol. The molecular formula is C33H49N3O23. The highest BCUT2D eigenvalue weighted by Gasteiger charge is 2.64. The number of carbonyl (C=O) groups is 6. The Morgan fingerprint density at radius 2 is 1.02 bits per heavy atom. The Balaban J connectivity index is 1.45. The molecule has 0 aromatic heterocycles. The maximum atomic E-state index is 13.5. The third kappa shape index (κ3) is 9.30. The summed E-state index contributed by atoms with van der Waals surface area (Å²) < 4.78 is 39.3. The number of carboxylic acids is 1. The smallest absolute Gasteiger partial charge is 0.367 e. The molecule has 13 N–H and O–H groups in total. The van der Waals surface area contributed by atoms with Gasteiger partial charge < -0.3 is 100 Å². The number of amides is 3. The first-order chi connectivity index (χ1) is 27.5. The minimum absolute atomic E-state index is 0.730. The number of hydrogen-bond acceptors (Lipinski definition) is 22. The predicted octanol–water partition coefficient (Wildman–Crippen LogP) is -8.56. The zero-order chi connectivity index (χ0) is 43.9. The van der Waals surface area contributed by atoms with Gasteiger partial charge in [-0.3, -0.25) is 14.4 Å². The van der Waals surface area contributed by atoms with E-state index < -0.39 is 183 Å². The second-order valence-electron chi connectivity index (χ2n) is 15.1. The molecule has 0 bridgehead atoms. The maximum Gasteiger partial charge on any atom is 0.367 e. The number of hydrogen-bond donors (Lipinski definition) is 13. The fourth-order valence-corrected chi connectivity index (χ4v) is 7.81. The molecule has 5 fully saturated rings.